The van der Waals surface area contributed by atoms with Crippen molar-refractivity contribution in [1.29, 1.82) is 0 Å². The Hall–Kier alpha value is -4.65. The Labute approximate surface area is 245 Å². The van der Waals surface area contributed by atoms with Crippen LogP contribution in [0.1, 0.15) is 21.6 Å². The maximum atomic E-state index is 12.5. The van der Waals surface area contributed by atoms with Crippen LogP contribution >= 0.6 is 0 Å². The molecule has 0 aliphatic heterocycles. The number of nitrogens with two attached hydrogens (primary N) is 1. The van der Waals surface area contributed by atoms with Crippen LogP contribution in [-0.2, 0) is 22.4 Å². The molecule has 0 aliphatic rings. The van der Waals surface area contributed by atoms with E-state index in [1.807, 2.05) is 48.5 Å². The Morgan fingerprint density at radius 1 is 0.738 bits per heavy atom. The first kappa shape index (κ1) is 30.3. The molecule has 0 aliphatic carbocycles. The second kappa shape index (κ2) is 17.2. The molecule has 12 heteroatoms. The van der Waals surface area contributed by atoms with Crippen molar-refractivity contribution in [3.63, 3.8) is 0 Å². The van der Waals surface area contributed by atoms with Gasteiger partial charge in [0.1, 0.15) is 0 Å². The molecule has 1 amide bonds. The van der Waals surface area contributed by atoms with Gasteiger partial charge in [0.2, 0.25) is 17.8 Å². The molecule has 220 valence electrons. The zero-order valence-electron chi connectivity index (χ0n) is 23.5. The molecule has 2 aromatic carbocycles. The minimum atomic E-state index is -0.184. The third-order valence-corrected chi connectivity index (χ3v) is 5.89. The first-order valence-corrected chi connectivity index (χ1v) is 13.9. The first-order chi connectivity index (χ1) is 20.7. The smallest absolute Gasteiger partial charge is 0.251 e. The molecule has 12 nitrogen and oxygen atoms in total. The summed E-state index contributed by atoms with van der Waals surface area (Å²) >= 11 is 0. The third kappa shape index (κ3) is 10.7. The van der Waals surface area contributed by atoms with E-state index in [-0.39, 0.29) is 5.91 Å². The third-order valence-electron chi connectivity index (χ3n) is 5.89. The largest absolute Gasteiger partial charge is 0.378 e. The highest BCUT2D eigenvalue weighted by atomic mass is 16.5. The van der Waals surface area contributed by atoms with Crippen LogP contribution in [-0.4, -0.2) is 71.9 Å². The zero-order valence-corrected chi connectivity index (χ0v) is 23.5. The number of aromatic nitrogens is 4. The number of amides is 1. The number of nitrogens with zero attached hydrogens (tertiary/aromatic N) is 4. The van der Waals surface area contributed by atoms with Gasteiger partial charge in [-0.3, -0.25) is 9.78 Å². The Morgan fingerprint density at radius 3 is 2.19 bits per heavy atom. The lowest BCUT2D eigenvalue weighted by molar-refractivity contribution is 0.0511. The summed E-state index contributed by atoms with van der Waals surface area (Å²) in [6.45, 7) is 3.90. The van der Waals surface area contributed by atoms with E-state index in [4.69, 9.17) is 15.2 Å². The molecule has 0 unspecified atom stereocenters. The molecule has 0 spiro atoms. The summed E-state index contributed by atoms with van der Waals surface area (Å²) in [5, 5.41) is 12.6. The molecule has 2 heterocycles. The number of rotatable bonds is 18. The molecular formula is C30H37N9O3. The van der Waals surface area contributed by atoms with Crippen LogP contribution in [0.25, 0.3) is 0 Å². The fourth-order valence-corrected chi connectivity index (χ4v) is 3.79. The van der Waals surface area contributed by atoms with E-state index in [1.165, 1.54) is 0 Å². The SMILES string of the molecule is NCCOCCOCCNC(=O)c1ccc(Nc2nc(NCCc3ccccn3)nc(NCc3ccccc3)n2)cc1. The minimum absolute atomic E-state index is 0.184. The highest BCUT2D eigenvalue weighted by molar-refractivity contribution is 5.94. The van der Waals surface area contributed by atoms with Crippen LogP contribution in [0.5, 0.6) is 0 Å². The monoisotopic (exact) mass is 571 g/mol. The van der Waals surface area contributed by atoms with Crippen molar-refractivity contribution in [2.45, 2.75) is 13.0 Å². The summed E-state index contributed by atoms with van der Waals surface area (Å²) in [5.74, 6) is 1.05. The maximum absolute atomic E-state index is 12.5. The van der Waals surface area contributed by atoms with Gasteiger partial charge in [0, 0.05) is 55.7 Å². The number of ether oxygens (including phenoxy) is 2. The van der Waals surface area contributed by atoms with Crippen LogP contribution < -0.4 is 27.0 Å². The van der Waals surface area contributed by atoms with E-state index in [2.05, 4.69) is 41.2 Å². The first-order valence-electron chi connectivity index (χ1n) is 13.9. The number of anilines is 4. The molecule has 0 fully saturated rings. The van der Waals surface area contributed by atoms with Crippen molar-refractivity contribution >= 4 is 29.4 Å². The summed E-state index contributed by atoms with van der Waals surface area (Å²) in [6, 6.07) is 22.9. The lowest BCUT2D eigenvalue weighted by Gasteiger charge is -2.12. The van der Waals surface area contributed by atoms with Crippen LogP contribution in [0, 0.1) is 0 Å². The maximum Gasteiger partial charge on any atom is 0.251 e. The normalized spacial score (nSPS) is 10.7. The van der Waals surface area contributed by atoms with Crippen molar-refractivity contribution in [2.75, 3.05) is 62.0 Å². The number of hydrogen-bond acceptors (Lipinski definition) is 11. The minimum Gasteiger partial charge on any atom is -0.378 e. The van der Waals surface area contributed by atoms with Crippen molar-refractivity contribution < 1.29 is 14.3 Å². The number of carbonyl (C=O) groups excluding carboxylic acids is 1. The van der Waals surface area contributed by atoms with Crippen LogP contribution in [0.4, 0.5) is 23.5 Å². The van der Waals surface area contributed by atoms with E-state index in [0.29, 0.717) is 76.0 Å². The van der Waals surface area contributed by atoms with Gasteiger partial charge in [0.25, 0.3) is 5.91 Å². The predicted molar refractivity (Wildman–Crippen MR) is 163 cm³/mol. The van der Waals surface area contributed by atoms with Gasteiger partial charge in [-0.15, -0.1) is 0 Å². The van der Waals surface area contributed by atoms with Gasteiger partial charge >= 0.3 is 0 Å². The highest BCUT2D eigenvalue weighted by Crippen LogP contribution is 2.17. The summed E-state index contributed by atoms with van der Waals surface area (Å²) in [6.07, 6.45) is 2.50. The molecular weight excluding hydrogens is 534 g/mol. The van der Waals surface area contributed by atoms with Crippen molar-refractivity contribution in [1.82, 2.24) is 25.3 Å². The van der Waals surface area contributed by atoms with Crippen molar-refractivity contribution in [3.05, 3.63) is 95.8 Å². The topological polar surface area (TPSA) is 161 Å². The quantitative estimate of drug-likeness (QED) is 0.112. The Balaban J connectivity index is 1.33. The molecule has 4 rings (SSSR count). The fourth-order valence-electron chi connectivity index (χ4n) is 3.79. The molecule has 4 aromatic rings. The summed E-state index contributed by atoms with van der Waals surface area (Å²) in [4.78, 5) is 30.5. The fraction of sp³-hybridized carbons (Fsp3) is 0.300. The molecule has 6 N–H and O–H groups in total. The van der Waals surface area contributed by atoms with Gasteiger partial charge in [-0.05, 0) is 42.0 Å². The Morgan fingerprint density at radius 2 is 1.45 bits per heavy atom. The van der Waals surface area contributed by atoms with Gasteiger partial charge in [-0.25, -0.2) is 0 Å². The van der Waals surface area contributed by atoms with Crippen LogP contribution in [0.2, 0.25) is 0 Å². The number of carbonyl (C=O) groups is 1. The van der Waals surface area contributed by atoms with E-state index in [0.717, 1.165) is 23.4 Å². The number of hydrogen-bond donors (Lipinski definition) is 5. The standard InChI is InChI=1S/C30H37N9O3/c31-14-18-41-20-21-42-19-17-33-27(40)24-9-11-26(12-10-24)36-30-38-28(34-16-13-25-8-4-5-15-32-25)37-29(39-30)35-22-23-6-2-1-3-7-23/h1-12,15H,13-14,16-22,31H2,(H,33,40)(H3,34,35,36,37,38,39). The zero-order chi connectivity index (χ0) is 29.2. The molecule has 42 heavy (non-hydrogen) atoms. The molecule has 0 saturated heterocycles. The van der Waals surface area contributed by atoms with E-state index >= 15 is 0 Å². The summed E-state index contributed by atoms with van der Waals surface area (Å²) in [7, 11) is 0. The molecule has 0 atom stereocenters. The Kier molecular flexibility index (Phi) is 12.4. The van der Waals surface area contributed by atoms with Gasteiger partial charge in [0.05, 0.1) is 26.4 Å². The second-order valence-corrected chi connectivity index (χ2v) is 9.11. The van der Waals surface area contributed by atoms with Gasteiger partial charge in [-0.1, -0.05) is 36.4 Å². The van der Waals surface area contributed by atoms with E-state index < -0.39 is 0 Å². The molecule has 2 aromatic heterocycles. The predicted octanol–water partition coefficient (Wildman–Crippen LogP) is 3.00. The van der Waals surface area contributed by atoms with Crippen LogP contribution in [0.15, 0.2) is 79.0 Å². The highest BCUT2D eigenvalue weighted by Gasteiger charge is 2.09. The van der Waals surface area contributed by atoms with Gasteiger partial charge in [0.15, 0.2) is 0 Å². The molecule has 0 saturated carbocycles. The van der Waals surface area contributed by atoms with Gasteiger partial charge < -0.3 is 36.5 Å². The van der Waals surface area contributed by atoms with Gasteiger partial charge in [-0.2, -0.15) is 15.0 Å². The van der Waals surface area contributed by atoms with Crippen molar-refractivity contribution in [3.8, 4) is 0 Å². The lowest BCUT2D eigenvalue weighted by atomic mass is 10.2. The lowest BCUT2D eigenvalue weighted by Crippen LogP contribution is -2.27. The average molecular weight is 572 g/mol. The van der Waals surface area contributed by atoms with Crippen molar-refractivity contribution in [2.24, 2.45) is 5.73 Å². The Bertz CT molecular complexity index is 1340. The van der Waals surface area contributed by atoms with Crippen LogP contribution in [0.3, 0.4) is 0 Å². The second-order valence-electron chi connectivity index (χ2n) is 9.11. The average Bonchev–Trinajstić information content (AvgIpc) is 3.02. The molecule has 0 bridgehead atoms. The molecule has 0 radical (unpaired) electrons. The number of pyridine rings is 1. The van der Waals surface area contributed by atoms with E-state index in [9.17, 15) is 4.79 Å². The number of benzene rings is 2. The summed E-state index contributed by atoms with van der Waals surface area (Å²) < 4.78 is 10.7. The number of nitrogens with one attached hydrogen (secondary N) is 4. The van der Waals surface area contributed by atoms with E-state index in [1.54, 1.807) is 30.5 Å². The summed E-state index contributed by atoms with van der Waals surface area (Å²) in [5.41, 5.74) is 8.71.